The molecule has 0 atom stereocenters. The van der Waals surface area contributed by atoms with Crippen molar-refractivity contribution in [3.63, 3.8) is 0 Å². The highest BCUT2D eigenvalue weighted by atomic mass is 79.9. The smallest absolute Gasteiger partial charge is 0.0620 e. The second kappa shape index (κ2) is 14.3. The van der Waals surface area contributed by atoms with Gasteiger partial charge >= 0.3 is 0 Å². The number of halogens is 1. The van der Waals surface area contributed by atoms with E-state index in [4.69, 9.17) is 0 Å². The molecule has 0 N–H and O–H groups in total. The van der Waals surface area contributed by atoms with Crippen LogP contribution in [0.3, 0.4) is 0 Å². The van der Waals surface area contributed by atoms with Gasteiger partial charge in [0.25, 0.3) is 0 Å². The Morgan fingerprint density at radius 3 is 0.702 bits per heavy atom. The van der Waals surface area contributed by atoms with E-state index in [1.54, 1.807) is 0 Å². The molecule has 0 fully saturated rings. The maximum absolute atomic E-state index is 4.26. The highest BCUT2D eigenvalue weighted by Gasteiger charge is 2.48. The van der Waals surface area contributed by atoms with E-state index in [0.29, 0.717) is 0 Å². The van der Waals surface area contributed by atoms with Crippen LogP contribution in [0, 0.1) is 0 Å². The van der Waals surface area contributed by atoms with Crippen LogP contribution in [0.25, 0.3) is 0 Å². The first-order chi connectivity index (χ1) is 23.2. The van der Waals surface area contributed by atoms with Gasteiger partial charge in [-0.25, -0.2) is 0 Å². The summed E-state index contributed by atoms with van der Waals surface area (Å²) in [4.78, 5) is 0. The highest BCUT2D eigenvalue weighted by Crippen LogP contribution is 2.61. The average molecular weight is 708 g/mol. The molecule has 0 spiro atoms. The Bertz CT molecular complexity index is 1680. The van der Waals surface area contributed by atoms with Gasteiger partial charge in [0, 0.05) is 15.6 Å². The van der Waals surface area contributed by atoms with Crippen LogP contribution in [0.15, 0.2) is 205 Å². The van der Waals surface area contributed by atoms with Gasteiger partial charge < -0.3 is 0 Å². The van der Waals surface area contributed by atoms with Gasteiger partial charge in [0.05, 0.1) is 12.3 Å². The zero-order valence-corrected chi connectivity index (χ0v) is 29.6. The van der Waals surface area contributed by atoms with Crippen molar-refractivity contribution in [1.82, 2.24) is 0 Å². The number of hydrogen-bond donors (Lipinski definition) is 0. The quantitative estimate of drug-likeness (QED) is 0.124. The van der Waals surface area contributed by atoms with Gasteiger partial charge in [0.1, 0.15) is 46.4 Å². The highest BCUT2D eigenvalue weighted by molar-refractivity contribution is 9.10. The molecule has 7 rings (SSSR count). The fourth-order valence-corrected chi connectivity index (χ4v) is 16.4. The van der Waals surface area contributed by atoms with Gasteiger partial charge in [-0.1, -0.05) is 127 Å². The Kier molecular flexibility index (Phi) is 9.60. The topological polar surface area (TPSA) is 0 Å². The molecule has 0 saturated carbocycles. The molecular weight excluding hydrogens is 670 g/mol. The second-order valence-electron chi connectivity index (χ2n) is 11.8. The van der Waals surface area contributed by atoms with E-state index in [-0.39, 0.29) is 0 Å². The van der Waals surface area contributed by atoms with Crippen LogP contribution < -0.4 is 31.8 Å². The Hall–Kier alpha value is -4.12. The number of rotatable bonds is 10. The Morgan fingerprint density at radius 1 is 0.277 bits per heavy atom. The molecule has 0 radical (unpaired) electrons. The summed E-state index contributed by atoms with van der Waals surface area (Å²) in [5, 5.41) is 8.39. The molecule has 0 amide bonds. The first-order valence-corrected chi connectivity index (χ1v) is 20.8. The molecule has 0 nitrogen and oxygen atoms in total. The molecule has 0 saturated heterocycles. The van der Waals surface area contributed by atoms with Crippen molar-refractivity contribution in [3.05, 3.63) is 216 Å². The predicted molar refractivity (Wildman–Crippen MR) is 212 cm³/mol. The van der Waals surface area contributed by atoms with E-state index in [1.807, 2.05) is 0 Å². The summed E-state index contributed by atoms with van der Waals surface area (Å²) in [6, 6.07) is 74.1. The summed E-state index contributed by atoms with van der Waals surface area (Å²) in [5.74, 6) is 0. The molecule has 7 aromatic carbocycles. The summed E-state index contributed by atoms with van der Waals surface area (Å²) in [5.41, 5.74) is 2.69. The van der Waals surface area contributed by atoms with E-state index < -0.39 is 14.5 Å². The van der Waals surface area contributed by atoms with Crippen molar-refractivity contribution in [3.8, 4) is 0 Å². The third-order valence-corrected chi connectivity index (χ3v) is 18.9. The summed E-state index contributed by atoms with van der Waals surface area (Å²) in [6.07, 6.45) is 1.85. The van der Waals surface area contributed by atoms with Gasteiger partial charge in [-0.15, -0.1) is 0 Å². The van der Waals surface area contributed by atoms with Crippen molar-refractivity contribution in [2.75, 3.05) is 0 Å². The van der Waals surface area contributed by atoms with Gasteiger partial charge in [-0.05, 0) is 88.7 Å². The van der Waals surface area contributed by atoms with E-state index in [2.05, 4.69) is 216 Å². The minimum absolute atomic E-state index is 0.924. The van der Waals surface area contributed by atoms with Gasteiger partial charge in [0.15, 0.2) is 0 Å². The van der Waals surface area contributed by atoms with Gasteiger partial charge in [-0.2, -0.15) is 0 Å². The summed E-state index contributed by atoms with van der Waals surface area (Å²) in [6.45, 7) is 0. The number of hydrogen-bond acceptors (Lipinski definition) is 0. The Labute approximate surface area is 289 Å². The summed E-state index contributed by atoms with van der Waals surface area (Å²) in [7, 11) is -4.14. The van der Waals surface area contributed by atoms with E-state index in [0.717, 1.165) is 12.3 Å². The summed E-state index contributed by atoms with van der Waals surface area (Å²) >= 11 is 4.26. The lowest BCUT2D eigenvalue weighted by Gasteiger charge is -2.30. The largest absolute Gasteiger partial charge is 0.116 e. The third-order valence-electron chi connectivity index (χ3n) is 9.16. The maximum Gasteiger partial charge on any atom is 0.116 e. The van der Waals surface area contributed by atoms with Gasteiger partial charge in [-0.3, -0.25) is 0 Å². The fourth-order valence-electron chi connectivity index (χ4n) is 6.93. The predicted octanol–water partition coefficient (Wildman–Crippen LogP) is 9.44. The van der Waals surface area contributed by atoms with Crippen LogP contribution in [0.2, 0.25) is 0 Å². The lowest BCUT2D eigenvalue weighted by atomic mass is 10.2. The molecule has 0 aromatic heterocycles. The number of benzene rings is 7. The first kappa shape index (κ1) is 31.5. The first-order valence-electron chi connectivity index (χ1n) is 16.1. The maximum atomic E-state index is 4.26. The Morgan fingerprint density at radius 2 is 0.489 bits per heavy atom. The van der Waals surface area contributed by atoms with Crippen molar-refractivity contribution in [2.24, 2.45) is 0 Å². The normalized spacial score (nSPS) is 11.7. The third kappa shape index (κ3) is 6.17. The van der Waals surface area contributed by atoms with E-state index in [1.165, 1.54) is 47.4 Å². The van der Waals surface area contributed by atoms with Gasteiger partial charge in [0.2, 0.25) is 0 Å². The van der Waals surface area contributed by atoms with Crippen molar-refractivity contribution < 1.29 is 0 Å². The molecule has 0 bridgehead atoms. The van der Waals surface area contributed by atoms with Crippen LogP contribution in [0.4, 0.5) is 0 Å². The second-order valence-corrected chi connectivity index (χ2v) is 19.6. The van der Waals surface area contributed by atoms with Crippen LogP contribution in [0.5, 0.6) is 0 Å². The zero-order chi connectivity index (χ0) is 31.9. The molecule has 0 aliphatic carbocycles. The van der Waals surface area contributed by atoms with Crippen LogP contribution in [-0.4, -0.2) is 0 Å². The molecule has 7 aromatic rings. The molecule has 47 heavy (non-hydrogen) atoms. The average Bonchev–Trinajstić information content (AvgIpc) is 3.16. The molecule has 0 heterocycles. The van der Waals surface area contributed by atoms with Crippen LogP contribution in [-0.2, 0) is 12.3 Å². The molecular formula is C44H37BrP2+2. The Balaban J connectivity index is 1.43. The monoisotopic (exact) mass is 706 g/mol. The molecule has 0 aliphatic rings. The van der Waals surface area contributed by atoms with Crippen LogP contribution >= 0.6 is 30.5 Å². The van der Waals surface area contributed by atoms with Crippen molar-refractivity contribution in [2.45, 2.75) is 12.3 Å². The standard InChI is InChI=1S/C44H37BrP2/c45-44-36(34-46(38-22-7-1-8-23-38,39-24-9-2-10-25-39)40-26-11-3-12-27-40)20-19-21-37(44)35-47(41-28-13-4-14-29-41,42-30-15-5-16-31-42)43-32-17-6-18-33-43/h1-33H,34-35H2/q+2. The zero-order valence-electron chi connectivity index (χ0n) is 26.2. The van der Waals surface area contributed by atoms with E-state index in [9.17, 15) is 0 Å². The lowest BCUT2D eigenvalue weighted by Crippen LogP contribution is -2.33. The van der Waals surface area contributed by atoms with Crippen molar-refractivity contribution >= 4 is 62.3 Å². The molecule has 0 aliphatic heterocycles. The fraction of sp³-hybridized carbons (Fsp3) is 0.0455. The van der Waals surface area contributed by atoms with Crippen molar-refractivity contribution in [1.29, 1.82) is 0 Å². The molecule has 0 unspecified atom stereocenters. The SMILES string of the molecule is Brc1c(C[P+](c2ccccc2)(c2ccccc2)c2ccccc2)cccc1C[P+](c1ccccc1)(c1ccccc1)c1ccccc1. The minimum Gasteiger partial charge on any atom is -0.0620 e. The van der Waals surface area contributed by atoms with E-state index >= 15 is 0 Å². The minimum atomic E-state index is -2.07. The summed E-state index contributed by atoms with van der Waals surface area (Å²) < 4.78 is 1.22. The van der Waals surface area contributed by atoms with Crippen LogP contribution in [0.1, 0.15) is 11.1 Å². The molecule has 228 valence electrons. The molecule has 3 heteroatoms. The lowest BCUT2D eigenvalue weighted by molar-refractivity contribution is 1.27.